The van der Waals surface area contributed by atoms with Gasteiger partial charge < -0.3 is 19.0 Å². The van der Waals surface area contributed by atoms with E-state index in [9.17, 15) is 24.5 Å². The maximum atomic E-state index is 13.0. The molecule has 0 N–H and O–H groups in total. The summed E-state index contributed by atoms with van der Waals surface area (Å²) in [6.07, 6.45) is 10.9. The van der Waals surface area contributed by atoms with Crippen molar-refractivity contribution in [2.75, 3.05) is 6.61 Å². The van der Waals surface area contributed by atoms with Crippen LogP contribution >= 0.6 is 0 Å². The van der Waals surface area contributed by atoms with Gasteiger partial charge in [-0.25, -0.2) is 0 Å². The largest absolute Gasteiger partial charge is 0.462 e. The smallest absolute Gasteiger partial charge is 0.311 e. The Kier molecular flexibility index (Phi) is 11.8. The van der Waals surface area contributed by atoms with E-state index in [-0.39, 0.29) is 67.3 Å². The quantitative estimate of drug-likeness (QED) is 0.0813. The maximum Gasteiger partial charge on any atom is 0.311 e. The van der Waals surface area contributed by atoms with Gasteiger partial charge in [-0.05, 0) is 75.7 Å². The second kappa shape index (κ2) is 14.8. The monoisotopic (exact) mass is 577 g/mol. The lowest BCUT2D eigenvalue weighted by molar-refractivity contribution is -0.757. The summed E-state index contributed by atoms with van der Waals surface area (Å²) in [7, 11) is 0. The van der Waals surface area contributed by atoms with Crippen LogP contribution in [0.15, 0.2) is 23.8 Å². The molecule has 0 aromatic heterocycles. The van der Waals surface area contributed by atoms with Crippen molar-refractivity contribution in [3.05, 3.63) is 33.9 Å². The predicted molar refractivity (Wildman–Crippen MR) is 151 cm³/mol. The number of ether oxygens (including phenoxy) is 3. The average molecular weight is 578 g/mol. The topological polar surface area (TPSA) is 131 Å². The van der Waals surface area contributed by atoms with Crippen molar-refractivity contribution in [3.8, 4) is 0 Å². The highest BCUT2D eigenvalue weighted by atomic mass is 16.9. The van der Waals surface area contributed by atoms with Crippen LogP contribution in [0.1, 0.15) is 98.8 Å². The minimum Gasteiger partial charge on any atom is -0.462 e. The molecule has 3 aliphatic rings. The molecule has 0 bridgehead atoms. The second-order valence-electron chi connectivity index (χ2n) is 12.6. The summed E-state index contributed by atoms with van der Waals surface area (Å²) in [4.78, 5) is 52.2. The van der Waals surface area contributed by atoms with Crippen LogP contribution in [0.25, 0.3) is 0 Å². The molecule has 7 atom stereocenters. The fourth-order valence-corrected chi connectivity index (χ4v) is 6.08. The number of nitrogens with zero attached hydrogens (tertiary/aromatic N) is 1. The molecule has 41 heavy (non-hydrogen) atoms. The van der Waals surface area contributed by atoms with Crippen molar-refractivity contribution in [1.29, 1.82) is 0 Å². The Morgan fingerprint density at radius 2 is 1.88 bits per heavy atom. The van der Waals surface area contributed by atoms with Gasteiger partial charge in [-0.15, -0.1) is 10.1 Å². The third kappa shape index (κ3) is 9.57. The van der Waals surface area contributed by atoms with Gasteiger partial charge >= 0.3 is 17.9 Å². The molecule has 1 fully saturated rings. The van der Waals surface area contributed by atoms with Crippen LogP contribution in [0.5, 0.6) is 0 Å². The molecular formula is C31H47NO9. The van der Waals surface area contributed by atoms with E-state index in [1.165, 1.54) is 5.57 Å². The number of fused-ring (bicyclic) bond motifs is 1. The zero-order chi connectivity index (χ0) is 30.2. The molecule has 2 aliphatic carbocycles. The average Bonchev–Trinajstić information content (AvgIpc) is 2.89. The van der Waals surface area contributed by atoms with Crippen molar-refractivity contribution in [1.82, 2.24) is 0 Å². The zero-order valence-electron chi connectivity index (χ0n) is 25.2. The molecule has 230 valence electrons. The Hall–Kier alpha value is -2.91. The first-order valence-corrected chi connectivity index (χ1v) is 15.2. The van der Waals surface area contributed by atoms with Crippen LogP contribution in [0, 0.1) is 39.2 Å². The van der Waals surface area contributed by atoms with Gasteiger partial charge in [-0.3, -0.25) is 14.4 Å². The van der Waals surface area contributed by atoms with Crippen LogP contribution in [0.2, 0.25) is 0 Å². The summed E-state index contributed by atoms with van der Waals surface area (Å²) in [5.74, 6) is -0.00576. The van der Waals surface area contributed by atoms with E-state index < -0.39 is 16.6 Å². The molecule has 3 unspecified atom stereocenters. The summed E-state index contributed by atoms with van der Waals surface area (Å²) in [5.41, 5.74) is 0.682. The Balaban J connectivity index is 1.56. The molecule has 0 aromatic rings. The van der Waals surface area contributed by atoms with Crippen molar-refractivity contribution < 1.29 is 38.5 Å². The number of esters is 3. The number of carbonyl (C=O) groups excluding carboxylic acids is 3. The number of hydrogen-bond donors (Lipinski definition) is 0. The normalized spacial score (nSPS) is 29.5. The first-order chi connectivity index (χ1) is 19.4. The molecule has 1 heterocycles. The SMILES string of the molecule is CCC(C)(C)C(=O)O[C@H]1C[C@@H](C)C=C2C=C[C@H](C)[C@H](CCC3CC(OC(=O)CCCCCO[N+](=O)[O-])CC(=O)O3)C21. The number of unbranched alkanes of at least 4 members (excludes halogenated alkanes) is 2. The van der Waals surface area contributed by atoms with Crippen molar-refractivity contribution in [2.45, 2.75) is 117 Å². The molecule has 0 spiro atoms. The van der Waals surface area contributed by atoms with Gasteiger partial charge in [0.05, 0.1) is 18.4 Å². The Morgan fingerprint density at radius 3 is 2.59 bits per heavy atom. The predicted octanol–water partition coefficient (Wildman–Crippen LogP) is 5.91. The van der Waals surface area contributed by atoms with E-state index in [0.717, 1.165) is 12.8 Å². The summed E-state index contributed by atoms with van der Waals surface area (Å²) >= 11 is 0. The minimum absolute atomic E-state index is 0.00463. The maximum absolute atomic E-state index is 13.0. The van der Waals surface area contributed by atoms with Crippen molar-refractivity contribution in [3.63, 3.8) is 0 Å². The summed E-state index contributed by atoms with van der Waals surface area (Å²) in [5, 5.41) is 9.36. The standard InChI is InChI=1S/C31H47NO9/c1-6-31(4,5)30(35)41-26-17-20(2)16-22-12-11-21(3)25(29(22)26)14-13-23-18-24(19-28(34)39-23)40-27(33)10-8-7-9-15-38-32(36)37/h11-12,16,20-21,23-26,29H,6-10,13-15,17-19H2,1-5H3/t20-,21-,23?,24?,25-,26-,29?/m0/s1. The van der Waals surface area contributed by atoms with Crippen LogP contribution in [-0.4, -0.2) is 47.9 Å². The number of carbonyl (C=O) groups is 3. The third-order valence-corrected chi connectivity index (χ3v) is 8.85. The zero-order valence-corrected chi connectivity index (χ0v) is 25.2. The van der Waals surface area contributed by atoms with E-state index >= 15 is 0 Å². The minimum atomic E-state index is -0.828. The van der Waals surface area contributed by atoms with E-state index in [0.29, 0.717) is 44.4 Å². The number of rotatable bonds is 14. The number of allylic oxidation sites excluding steroid dienone is 3. The first-order valence-electron chi connectivity index (χ1n) is 15.2. The Bertz CT molecular complexity index is 1000. The fraction of sp³-hybridized carbons (Fsp3) is 0.774. The molecule has 10 heteroatoms. The van der Waals surface area contributed by atoms with Gasteiger partial charge in [0.2, 0.25) is 0 Å². The van der Waals surface area contributed by atoms with Gasteiger partial charge in [-0.2, -0.15) is 0 Å². The van der Waals surface area contributed by atoms with E-state index in [1.54, 1.807) is 0 Å². The molecule has 10 nitrogen and oxygen atoms in total. The van der Waals surface area contributed by atoms with Crippen LogP contribution in [0.3, 0.4) is 0 Å². The number of cyclic esters (lactones) is 1. The molecule has 3 rings (SSSR count). The highest BCUT2D eigenvalue weighted by Crippen LogP contribution is 2.45. The third-order valence-electron chi connectivity index (χ3n) is 8.85. The molecule has 0 aromatic carbocycles. The summed E-state index contributed by atoms with van der Waals surface area (Å²) in [6.45, 7) is 10.2. The lowest BCUT2D eigenvalue weighted by Gasteiger charge is -2.44. The van der Waals surface area contributed by atoms with Gasteiger partial charge in [-0.1, -0.05) is 45.4 Å². The second-order valence-corrected chi connectivity index (χ2v) is 12.6. The highest BCUT2D eigenvalue weighted by Gasteiger charge is 2.43. The van der Waals surface area contributed by atoms with Crippen LogP contribution < -0.4 is 0 Å². The van der Waals surface area contributed by atoms with E-state index in [2.05, 4.69) is 36.9 Å². The van der Waals surface area contributed by atoms with Crippen LogP contribution in [-0.2, 0) is 33.4 Å². The Labute approximate surface area is 243 Å². The molecular weight excluding hydrogens is 530 g/mol. The first kappa shape index (κ1) is 32.6. The van der Waals surface area contributed by atoms with Crippen molar-refractivity contribution >= 4 is 17.9 Å². The van der Waals surface area contributed by atoms with Crippen molar-refractivity contribution in [2.24, 2.45) is 29.1 Å². The van der Waals surface area contributed by atoms with E-state index in [1.807, 2.05) is 20.8 Å². The lowest BCUT2D eigenvalue weighted by atomic mass is 9.65. The summed E-state index contributed by atoms with van der Waals surface area (Å²) in [6, 6.07) is 0. The molecule has 0 radical (unpaired) electrons. The molecule has 1 saturated heterocycles. The molecule has 0 saturated carbocycles. The summed E-state index contributed by atoms with van der Waals surface area (Å²) < 4.78 is 17.5. The van der Waals surface area contributed by atoms with Gasteiger partial charge in [0.25, 0.3) is 5.09 Å². The molecule has 1 aliphatic heterocycles. The Morgan fingerprint density at radius 1 is 1.12 bits per heavy atom. The number of hydrogen-bond acceptors (Lipinski definition) is 9. The van der Waals surface area contributed by atoms with Gasteiger partial charge in [0, 0.05) is 18.8 Å². The van der Waals surface area contributed by atoms with Gasteiger partial charge in [0.1, 0.15) is 18.3 Å². The van der Waals surface area contributed by atoms with Crippen LogP contribution in [0.4, 0.5) is 0 Å². The lowest BCUT2D eigenvalue weighted by Crippen LogP contribution is -2.43. The molecule has 0 amide bonds. The van der Waals surface area contributed by atoms with Gasteiger partial charge in [0.15, 0.2) is 0 Å². The highest BCUT2D eigenvalue weighted by molar-refractivity contribution is 5.76. The fourth-order valence-electron chi connectivity index (χ4n) is 6.08. The van der Waals surface area contributed by atoms with E-state index in [4.69, 9.17) is 14.2 Å².